The van der Waals surface area contributed by atoms with E-state index in [0.717, 1.165) is 16.7 Å². The van der Waals surface area contributed by atoms with Crippen LogP contribution in [0.1, 0.15) is 42.1 Å². The molecule has 11 heteroatoms. The molecule has 0 saturated carbocycles. The summed E-state index contributed by atoms with van der Waals surface area (Å²) in [4.78, 5) is 18.3. The van der Waals surface area contributed by atoms with Crippen LogP contribution in [0.4, 0.5) is 4.39 Å². The van der Waals surface area contributed by atoms with Gasteiger partial charge in [0.05, 0.1) is 45.1 Å². The molecule has 3 aromatic heterocycles. The monoisotopic (exact) mass is 532 g/mol. The summed E-state index contributed by atoms with van der Waals surface area (Å²) in [7, 11) is 3.13. The second-order valence-electron chi connectivity index (χ2n) is 9.15. The van der Waals surface area contributed by atoms with Crippen LogP contribution in [0.25, 0.3) is 10.9 Å². The Labute approximate surface area is 224 Å². The molecule has 0 unspecified atom stereocenters. The number of fused-ring (bicyclic) bond motifs is 1. The van der Waals surface area contributed by atoms with Gasteiger partial charge in [-0.25, -0.2) is 9.07 Å². The van der Waals surface area contributed by atoms with Gasteiger partial charge in [0.25, 0.3) is 5.56 Å². The molecule has 0 aliphatic rings. The molecule has 0 aliphatic carbocycles. The minimum Gasteiger partial charge on any atom is -0.493 e. The van der Waals surface area contributed by atoms with Crippen molar-refractivity contribution in [2.45, 2.75) is 39.0 Å². The second kappa shape index (κ2) is 11.5. The number of aromatic amines is 1. The van der Waals surface area contributed by atoms with Crippen LogP contribution >= 0.6 is 0 Å². The Kier molecular flexibility index (Phi) is 7.69. The fourth-order valence-electron chi connectivity index (χ4n) is 4.72. The van der Waals surface area contributed by atoms with Crippen molar-refractivity contribution in [3.63, 3.8) is 0 Å². The number of hydrogen-bond acceptors (Lipinski definition) is 8. The van der Waals surface area contributed by atoms with E-state index in [1.54, 1.807) is 43.4 Å². The van der Waals surface area contributed by atoms with Crippen molar-refractivity contribution in [1.82, 2.24) is 30.1 Å². The van der Waals surface area contributed by atoms with Gasteiger partial charge < -0.3 is 18.9 Å². The van der Waals surface area contributed by atoms with Crippen LogP contribution in [0.2, 0.25) is 0 Å². The van der Waals surface area contributed by atoms with Crippen molar-refractivity contribution in [1.29, 1.82) is 0 Å². The normalized spacial score (nSPS) is 12.2. The molecule has 0 amide bonds. The van der Waals surface area contributed by atoms with Crippen molar-refractivity contribution >= 4 is 10.9 Å². The quantitative estimate of drug-likeness (QED) is 0.265. The third-order valence-corrected chi connectivity index (χ3v) is 6.67. The van der Waals surface area contributed by atoms with Gasteiger partial charge in [-0.2, -0.15) is 0 Å². The van der Waals surface area contributed by atoms with Gasteiger partial charge in [-0.3, -0.25) is 9.69 Å². The second-order valence-corrected chi connectivity index (χ2v) is 9.15. The maximum Gasteiger partial charge on any atom is 0.252 e. The third-order valence-electron chi connectivity index (χ3n) is 6.67. The van der Waals surface area contributed by atoms with Gasteiger partial charge in [0, 0.05) is 23.6 Å². The zero-order chi connectivity index (χ0) is 27.4. The Bertz CT molecular complexity index is 1600. The van der Waals surface area contributed by atoms with Crippen molar-refractivity contribution < 1.29 is 18.3 Å². The first-order valence-corrected chi connectivity index (χ1v) is 12.5. The Morgan fingerprint density at radius 2 is 1.85 bits per heavy atom. The number of rotatable bonds is 11. The summed E-state index contributed by atoms with van der Waals surface area (Å²) in [6.45, 7) is 3.16. The SMILES string of the molecule is CC[C@@H](c1nnnn1Cc1ccc(F)cc1)N(Cc1ccco1)Cc1cc2cc(OC)c(OC)cc2[nH]c1=O. The lowest BCUT2D eigenvalue weighted by atomic mass is 10.1. The lowest BCUT2D eigenvalue weighted by Gasteiger charge is -2.29. The molecule has 0 bridgehead atoms. The fraction of sp³-hybridized carbons (Fsp3) is 0.286. The van der Waals surface area contributed by atoms with E-state index in [1.807, 2.05) is 31.2 Å². The predicted octanol–water partition coefficient (Wildman–Crippen LogP) is 4.47. The molecule has 0 radical (unpaired) electrons. The summed E-state index contributed by atoms with van der Waals surface area (Å²) in [6, 6.07) is 15.2. The Balaban J connectivity index is 1.51. The van der Waals surface area contributed by atoms with E-state index in [2.05, 4.69) is 25.4 Å². The number of pyridine rings is 1. The zero-order valence-electron chi connectivity index (χ0n) is 21.9. The minimum atomic E-state index is -0.302. The maximum absolute atomic E-state index is 13.4. The molecule has 0 spiro atoms. The topological polar surface area (TPSA) is 111 Å². The number of furan rings is 1. The third kappa shape index (κ3) is 5.68. The molecule has 2 aromatic carbocycles. The molecule has 0 saturated heterocycles. The number of nitrogens with one attached hydrogen (secondary N) is 1. The summed E-state index contributed by atoms with van der Waals surface area (Å²) in [5.41, 5.74) is 1.87. The first kappa shape index (κ1) is 26.1. The Morgan fingerprint density at radius 3 is 2.54 bits per heavy atom. The van der Waals surface area contributed by atoms with E-state index < -0.39 is 0 Å². The number of hydrogen-bond donors (Lipinski definition) is 1. The predicted molar refractivity (Wildman–Crippen MR) is 142 cm³/mol. The molecule has 0 fully saturated rings. The van der Waals surface area contributed by atoms with Crippen LogP contribution < -0.4 is 15.0 Å². The van der Waals surface area contributed by atoms with Gasteiger partial charge in [0.2, 0.25) is 0 Å². The number of H-pyrrole nitrogens is 1. The van der Waals surface area contributed by atoms with E-state index in [9.17, 15) is 9.18 Å². The van der Waals surface area contributed by atoms with E-state index >= 15 is 0 Å². The number of tetrazole rings is 1. The lowest BCUT2D eigenvalue weighted by Crippen LogP contribution is -2.32. The smallest absolute Gasteiger partial charge is 0.252 e. The van der Waals surface area contributed by atoms with Crippen LogP contribution in [-0.2, 0) is 19.6 Å². The molecule has 0 aliphatic heterocycles. The standard InChI is InChI=1S/C28H29FN6O4/c1-4-24(27-31-32-33-35(27)15-18-7-9-21(29)10-8-18)34(17-22-6-5-11-39-22)16-20-12-19-13-25(37-2)26(38-3)14-23(19)30-28(20)36/h5-14,24H,4,15-17H2,1-3H3,(H,30,36)/t24-/m0/s1. The molecule has 1 N–H and O–H groups in total. The lowest BCUT2D eigenvalue weighted by molar-refractivity contribution is 0.149. The number of nitrogens with zero attached hydrogens (tertiary/aromatic N) is 5. The highest BCUT2D eigenvalue weighted by Gasteiger charge is 2.27. The van der Waals surface area contributed by atoms with Gasteiger partial charge in [-0.1, -0.05) is 19.1 Å². The van der Waals surface area contributed by atoms with Gasteiger partial charge in [0.1, 0.15) is 11.6 Å². The van der Waals surface area contributed by atoms with Crippen molar-refractivity contribution in [2.75, 3.05) is 14.2 Å². The van der Waals surface area contributed by atoms with E-state index in [4.69, 9.17) is 13.9 Å². The molecule has 3 heterocycles. The number of halogens is 1. The molecule has 5 rings (SSSR count). The first-order chi connectivity index (χ1) is 19.0. The molecular formula is C28H29FN6O4. The van der Waals surface area contributed by atoms with Crippen LogP contribution in [0.5, 0.6) is 11.5 Å². The van der Waals surface area contributed by atoms with Gasteiger partial charge in [-0.15, -0.1) is 5.10 Å². The maximum atomic E-state index is 13.4. The fourth-order valence-corrected chi connectivity index (χ4v) is 4.72. The number of ether oxygens (including phenoxy) is 2. The van der Waals surface area contributed by atoms with Gasteiger partial charge in [0.15, 0.2) is 17.3 Å². The first-order valence-electron chi connectivity index (χ1n) is 12.5. The van der Waals surface area contributed by atoms with Crippen molar-refractivity contribution in [3.05, 3.63) is 99.7 Å². The number of methoxy groups -OCH3 is 2. The molecule has 1 atom stereocenters. The van der Waals surface area contributed by atoms with Crippen LogP contribution in [0.3, 0.4) is 0 Å². The molecule has 202 valence electrons. The number of aromatic nitrogens is 5. The highest BCUT2D eigenvalue weighted by Crippen LogP contribution is 2.32. The van der Waals surface area contributed by atoms with E-state index in [-0.39, 0.29) is 17.4 Å². The van der Waals surface area contributed by atoms with Crippen molar-refractivity contribution in [3.8, 4) is 11.5 Å². The summed E-state index contributed by atoms with van der Waals surface area (Å²) >= 11 is 0. The average Bonchev–Trinajstić information content (AvgIpc) is 3.62. The largest absolute Gasteiger partial charge is 0.493 e. The highest BCUT2D eigenvalue weighted by atomic mass is 19.1. The molecule has 10 nitrogen and oxygen atoms in total. The summed E-state index contributed by atoms with van der Waals surface area (Å²) < 4.78 is 31.6. The Morgan fingerprint density at radius 1 is 1.08 bits per heavy atom. The summed E-state index contributed by atoms with van der Waals surface area (Å²) in [5, 5.41) is 13.3. The molecular weight excluding hydrogens is 503 g/mol. The molecule has 5 aromatic rings. The summed E-state index contributed by atoms with van der Waals surface area (Å²) in [6.07, 6.45) is 2.29. The zero-order valence-corrected chi connectivity index (χ0v) is 21.9. The summed E-state index contributed by atoms with van der Waals surface area (Å²) in [5.74, 6) is 2.18. The van der Waals surface area contributed by atoms with Crippen molar-refractivity contribution in [2.24, 2.45) is 0 Å². The highest BCUT2D eigenvalue weighted by molar-refractivity contribution is 5.83. The minimum absolute atomic E-state index is 0.208. The van der Waals surface area contributed by atoms with Crippen LogP contribution in [0.15, 0.2) is 70.1 Å². The van der Waals surface area contributed by atoms with Crippen LogP contribution in [0, 0.1) is 5.82 Å². The average molecular weight is 533 g/mol. The van der Waals surface area contributed by atoms with Gasteiger partial charge in [-0.05, 0) is 58.8 Å². The number of benzene rings is 2. The Hall–Kier alpha value is -4.51. The molecule has 39 heavy (non-hydrogen) atoms. The van der Waals surface area contributed by atoms with E-state index in [1.165, 1.54) is 12.1 Å². The van der Waals surface area contributed by atoms with Gasteiger partial charge >= 0.3 is 0 Å². The van der Waals surface area contributed by atoms with Crippen LogP contribution in [-0.4, -0.2) is 44.3 Å². The van der Waals surface area contributed by atoms with E-state index in [0.29, 0.717) is 54.5 Å².